The van der Waals surface area contributed by atoms with E-state index in [9.17, 15) is 9.18 Å². The van der Waals surface area contributed by atoms with Crippen molar-refractivity contribution in [2.24, 2.45) is 0 Å². The molecule has 21 heavy (non-hydrogen) atoms. The fraction of sp³-hybridized carbons (Fsp3) is 0.188. The number of hydrogen-bond acceptors (Lipinski definition) is 3. The first-order valence-electron chi connectivity index (χ1n) is 6.63. The summed E-state index contributed by atoms with van der Waals surface area (Å²) in [6.45, 7) is 0.630. The maximum Gasteiger partial charge on any atom is 0.238 e. The van der Waals surface area contributed by atoms with Crippen LogP contribution in [0.15, 0.2) is 48.5 Å². The highest BCUT2D eigenvalue weighted by Gasteiger charge is 2.05. The number of benzene rings is 2. The number of aliphatic hydroxyl groups excluding tert-OH is 1. The number of para-hydroxylation sites is 1. The number of amides is 1. The van der Waals surface area contributed by atoms with Crippen molar-refractivity contribution >= 4 is 11.6 Å². The largest absolute Gasteiger partial charge is 0.392 e. The van der Waals surface area contributed by atoms with E-state index >= 15 is 0 Å². The van der Waals surface area contributed by atoms with E-state index in [1.807, 2.05) is 24.3 Å². The second-order valence-electron chi connectivity index (χ2n) is 4.61. The second kappa shape index (κ2) is 7.52. The molecule has 0 atom stereocenters. The number of carbonyl (C=O) groups excluding carboxylic acids is 1. The van der Waals surface area contributed by atoms with Crippen LogP contribution in [0, 0.1) is 5.82 Å². The third-order valence-corrected chi connectivity index (χ3v) is 2.97. The first-order valence-corrected chi connectivity index (χ1v) is 6.63. The van der Waals surface area contributed by atoms with Gasteiger partial charge in [-0.2, -0.15) is 0 Å². The Morgan fingerprint density at radius 3 is 2.38 bits per heavy atom. The second-order valence-corrected chi connectivity index (χ2v) is 4.61. The molecule has 0 bridgehead atoms. The van der Waals surface area contributed by atoms with Crippen molar-refractivity contribution in [1.29, 1.82) is 0 Å². The van der Waals surface area contributed by atoms with Gasteiger partial charge in [0.1, 0.15) is 5.82 Å². The van der Waals surface area contributed by atoms with Crippen LogP contribution >= 0.6 is 0 Å². The topological polar surface area (TPSA) is 61.4 Å². The summed E-state index contributed by atoms with van der Waals surface area (Å²) >= 11 is 0. The maximum absolute atomic E-state index is 13.4. The molecule has 0 aliphatic carbocycles. The number of aliphatic hydroxyl groups is 1. The van der Waals surface area contributed by atoms with Crippen LogP contribution in [-0.4, -0.2) is 17.6 Å². The molecule has 0 radical (unpaired) electrons. The zero-order valence-corrected chi connectivity index (χ0v) is 11.5. The first kappa shape index (κ1) is 15.2. The fourth-order valence-corrected chi connectivity index (χ4v) is 1.84. The minimum absolute atomic E-state index is 0.0127. The SMILES string of the molecule is O=C(CNCc1ccc(CO)cc1)Nc1ccccc1F. The van der Waals surface area contributed by atoms with Gasteiger partial charge in [0.15, 0.2) is 0 Å². The summed E-state index contributed by atoms with van der Waals surface area (Å²) in [4.78, 5) is 11.7. The van der Waals surface area contributed by atoms with Gasteiger partial charge in [0.2, 0.25) is 5.91 Å². The van der Waals surface area contributed by atoms with Crippen molar-refractivity contribution < 1.29 is 14.3 Å². The summed E-state index contributed by atoms with van der Waals surface area (Å²) in [6.07, 6.45) is 0. The Morgan fingerprint density at radius 2 is 1.71 bits per heavy atom. The number of anilines is 1. The van der Waals surface area contributed by atoms with Gasteiger partial charge >= 0.3 is 0 Å². The predicted octanol–water partition coefficient (Wildman–Crippen LogP) is 2.05. The average molecular weight is 288 g/mol. The molecular weight excluding hydrogens is 271 g/mol. The molecule has 110 valence electrons. The summed E-state index contributed by atoms with van der Waals surface area (Å²) in [5.74, 6) is -0.752. The van der Waals surface area contributed by atoms with Gasteiger partial charge in [0.05, 0.1) is 18.8 Å². The van der Waals surface area contributed by atoms with E-state index in [2.05, 4.69) is 10.6 Å². The van der Waals surface area contributed by atoms with Gasteiger partial charge in [-0.15, -0.1) is 0 Å². The number of halogens is 1. The zero-order valence-electron chi connectivity index (χ0n) is 11.5. The molecule has 0 fully saturated rings. The Balaban J connectivity index is 1.77. The molecule has 2 aromatic rings. The highest BCUT2D eigenvalue weighted by atomic mass is 19.1. The van der Waals surface area contributed by atoms with E-state index < -0.39 is 5.82 Å². The minimum atomic E-state index is -0.453. The van der Waals surface area contributed by atoms with Crippen LogP contribution in [0.3, 0.4) is 0 Å². The van der Waals surface area contributed by atoms with Crippen LogP contribution in [0.4, 0.5) is 10.1 Å². The Morgan fingerprint density at radius 1 is 1.05 bits per heavy atom. The Kier molecular flexibility index (Phi) is 5.43. The van der Waals surface area contributed by atoms with Crippen LogP contribution < -0.4 is 10.6 Å². The van der Waals surface area contributed by atoms with Crippen LogP contribution in [0.25, 0.3) is 0 Å². The van der Waals surface area contributed by atoms with Crippen molar-refractivity contribution in [1.82, 2.24) is 5.32 Å². The van der Waals surface area contributed by atoms with Crippen LogP contribution in [-0.2, 0) is 17.9 Å². The number of rotatable bonds is 6. The van der Waals surface area contributed by atoms with Gasteiger partial charge in [-0.1, -0.05) is 36.4 Å². The minimum Gasteiger partial charge on any atom is -0.392 e. The van der Waals surface area contributed by atoms with E-state index in [1.165, 1.54) is 12.1 Å². The zero-order chi connectivity index (χ0) is 15.1. The Hall–Kier alpha value is -2.24. The number of nitrogens with one attached hydrogen (secondary N) is 2. The summed E-state index contributed by atoms with van der Waals surface area (Å²) < 4.78 is 13.4. The van der Waals surface area contributed by atoms with Gasteiger partial charge in [-0.25, -0.2) is 4.39 Å². The van der Waals surface area contributed by atoms with Gasteiger partial charge in [-0.3, -0.25) is 4.79 Å². The van der Waals surface area contributed by atoms with Crippen LogP contribution in [0.2, 0.25) is 0 Å². The number of carbonyl (C=O) groups is 1. The van der Waals surface area contributed by atoms with Crippen molar-refractivity contribution in [3.8, 4) is 0 Å². The Labute approximate surface area is 122 Å². The van der Waals surface area contributed by atoms with Crippen LogP contribution in [0.1, 0.15) is 11.1 Å². The molecular formula is C16H17FN2O2. The molecule has 0 spiro atoms. The smallest absolute Gasteiger partial charge is 0.238 e. The molecule has 3 N–H and O–H groups in total. The first-order chi connectivity index (χ1) is 10.2. The summed E-state index contributed by atoms with van der Waals surface area (Å²) in [5.41, 5.74) is 2.03. The van der Waals surface area contributed by atoms with Gasteiger partial charge in [-0.05, 0) is 23.3 Å². The molecule has 0 aromatic heterocycles. The van der Waals surface area contributed by atoms with E-state index in [0.717, 1.165) is 11.1 Å². The molecule has 5 heteroatoms. The lowest BCUT2D eigenvalue weighted by Gasteiger charge is -2.08. The van der Waals surface area contributed by atoms with E-state index in [-0.39, 0.29) is 24.7 Å². The lowest BCUT2D eigenvalue weighted by molar-refractivity contribution is -0.115. The molecule has 0 saturated carbocycles. The summed E-state index contributed by atoms with van der Waals surface area (Å²) in [5, 5.41) is 14.4. The molecule has 0 aliphatic rings. The average Bonchev–Trinajstić information content (AvgIpc) is 2.50. The quantitative estimate of drug-likeness (QED) is 0.762. The molecule has 0 saturated heterocycles. The lowest BCUT2D eigenvalue weighted by Crippen LogP contribution is -2.28. The predicted molar refractivity (Wildman–Crippen MR) is 79.1 cm³/mol. The molecule has 0 heterocycles. The van der Waals surface area contributed by atoms with E-state index in [4.69, 9.17) is 5.11 Å². The summed E-state index contributed by atoms with van der Waals surface area (Å²) in [7, 11) is 0. The standard InChI is InChI=1S/C16H17FN2O2/c17-14-3-1-2-4-15(14)19-16(21)10-18-9-12-5-7-13(11-20)8-6-12/h1-8,18,20H,9-11H2,(H,19,21). The lowest BCUT2D eigenvalue weighted by atomic mass is 10.1. The van der Waals surface area contributed by atoms with Gasteiger partial charge in [0.25, 0.3) is 0 Å². The van der Waals surface area contributed by atoms with Crippen molar-refractivity contribution in [3.63, 3.8) is 0 Å². The molecule has 4 nitrogen and oxygen atoms in total. The molecule has 0 unspecified atom stereocenters. The van der Waals surface area contributed by atoms with Gasteiger partial charge < -0.3 is 15.7 Å². The van der Waals surface area contributed by atoms with Crippen LogP contribution in [0.5, 0.6) is 0 Å². The van der Waals surface area contributed by atoms with Crippen molar-refractivity contribution in [3.05, 3.63) is 65.5 Å². The monoisotopic (exact) mass is 288 g/mol. The highest BCUT2D eigenvalue weighted by Crippen LogP contribution is 2.11. The van der Waals surface area contributed by atoms with E-state index in [0.29, 0.717) is 6.54 Å². The normalized spacial score (nSPS) is 10.4. The van der Waals surface area contributed by atoms with Gasteiger partial charge in [0, 0.05) is 6.54 Å². The molecule has 2 aromatic carbocycles. The third kappa shape index (κ3) is 4.66. The maximum atomic E-state index is 13.4. The fourth-order valence-electron chi connectivity index (χ4n) is 1.84. The molecule has 1 amide bonds. The molecule has 2 rings (SSSR count). The van der Waals surface area contributed by atoms with Crippen molar-refractivity contribution in [2.45, 2.75) is 13.2 Å². The third-order valence-electron chi connectivity index (χ3n) is 2.97. The van der Waals surface area contributed by atoms with Crippen molar-refractivity contribution in [2.75, 3.05) is 11.9 Å². The Bertz CT molecular complexity index is 599. The number of hydrogen-bond donors (Lipinski definition) is 3. The molecule has 0 aliphatic heterocycles. The highest BCUT2D eigenvalue weighted by molar-refractivity contribution is 5.92. The summed E-state index contributed by atoms with van der Waals surface area (Å²) in [6, 6.07) is 13.5. The van der Waals surface area contributed by atoms with E-state index in [1.54, 1.807) is 12.1 Å².